The van der Waals surface area contributed by atoms with Gasteiger partial charge in [-0.25, -0.2) is 15.4 Å². The zero-order valence-electron chi connectivity index (χ0n) is 13.4. The number of amides is 1. The molecule has 0 saturated heterocycles. The Bertz CT molecular complexity index is 819. The molecule has 9 heteroatoms. The summed E-state index contributed by atoms with van der Waals surface area (Å²) in [5.41, 5.74) is 3.27. The van der Waals surface area contributed by atoms with Gasteiger partial charge in [-0.3, -0.25) is 10.0 Å². The molecular weight excluding hydrogens is 337 g/mol. The number of hydroxylamine groups is 1. The van der Waals surface area contributed by atoms with E-state index >= 15 is 0 Å². The van der Waals surface area contributed by atoms with Crippen molar-refractivity contribution in [1.29, 1.82) is 0 Å². The van der Waals surface area contributed by atoms with Crippen LogP contribution in [0.5, 0.6) is 0 Å². The summed E-state index contributed by atoms with van der Waals surface area (Å²) in [4.78, 5) is 20.5. The lowest BCUT2D eigenvalue weighted by molar-refractivity contribution is -0.144. The number of anilines is 1. The SMILES string of the molecule is CC1(C)c2cccc(C(=O)NO)c2CN1c1cnc(C(F)(F)F)nc1. The van der Waals surface area contributed by atoms with Crippen molar-refractivity contribution in [2.45, 2.75) is 32.1 Å². The number of hydrogen-bond donors (Lipinski definition) is 2. The first-order chi connectivity index (χ1) is 11.7. The van der Waals surface area contributed by atoms with Gasteiger partial charge in [-0.1, -0.05) is 12.1 Å². The molecule has 0 spiro atoms. The zero-order chi connectivity index (χ0) is 18.4. The minimum absolute atomic E-state index is 0.278. The summed E-state index contributed by atoms with van der Waals surface area (Å²) in [5, 5.41) is 8.90. The van der Waals surface area contributed by atoms with Gasteiger partial charge >= 0.3 is 6.18 Å². The van der Waals surface area contributed by atoms with E-state index in [4.69, 9.17) is 5.21 Å². The van der Waals surface area contributed by atoms with Crippen molar-refractivity contribution in [3.63, 3.8) is 0 Å². The predicted octanol–water partition coefficient (Wildman–Crippen LogP) is 2.87. The molecular formula is C16H15F3N4O2. The quantitative estimate of drug-likeness (QED) is 0.642. The maximum Gasteiger partial charge on any atom is 0.451 e. The van der Waals surface area contributed by atoms with Crippen molar-refractivity contribution < 1.29 is 23.2 Å². The molecule has 0 saturated carbocycles. The Kier molecular flexibility index (Phi) is 3.91. The number of alkyl halides is 3. The predicted molar refractivity (Wildman–Crippen MR) is 81.9 cm³/mol. The zero-order valence-corrected chi connectivity index (χ0v) is 13.4. The van der Waals surface area contributed by atoms with Crippen molar-refractivity contribution in [2.24, 2.45) is 0 Å². The largest absolute Gasteiger partial charge is 0.451 e. The van der Waals surface area contributed by atoms with Gasteiger partial charge in [0.05, 0.1) is 23.6 Å². The average Bonchev–Trinajstić information content (AvgIpc) is 2.85. The highest BCUT2D eigenvalue weighted by Crippen LogP contribution is 2.42. The molecule has 132 valence electrons. The first-order valence-corrected chi connectivity index (χ1v) is 7.40. The highest BCUT2D eigenvalue weighted by atomic mass is 19.4. The van der Waals surface area contributed by atoms with Crippen LogP contribution in [-0.4, -0.2) is 21.1 Å². The Morgan fingerprint density at radius 2 is 1.92 bits per heavy atom. The van der Waals surface area contributed by atoms with Crippen LogP contribution in [0.15, 0.2) is 30.6 Å². The first kappa shape index (κ1) is 17.2. The van der Waals surface area contributed by atoms with Gasteiger partial charge in [-0.2, -0.15) is 13.2 Å². The van der Waals surface area contributed by atoms with E-state index in [0.717, 1.165) is 18.0 Å². The normalized spacial score (nSPS) is 15.8. The second-order valence-electron chi connectivity index (χ2n) is 6.18. The third kappa shape index (κ3) is 2.80. The van der Waals surface area contributed by atoms with E-state index in [1.807, 2.05) is 24.8 Å². The van der Waals surface area contributed by atoms with E-state index < -0.39 is 23.4 Å². The number of fused-ring (bicyclic) bond motifs is 1. The fourth-order valence-electron chi connectivity index (χ4n) is 3.13. The number of benzene rings is 1. The molecule has 0 radical (unpaired) electrons. The van der Waals surface area contributed by atoms with Crippen LogP contribution < -0.4 is 10.4 Å². The number of carbonyl (C=O) groups excluding carboxylic acids is 1. The summed E-state index contributed by atoms with van der Waals surface area (Å²) in [7, 11) is 0. The minimum Gasteiger partial charge on any atom is -0.355 e. The first-order valence-electron chi connectivity index (χ1n) is 7.40. The van der Waals surface area contributed by atoms with E-state index in [1.54, 1.807) is 17.6 Å². The molecule has 6 nitrogen and oxygen atoms in total. The topological polar surface area (TPSA) is 78.4 Å². The van der Waals surface area contributed by atoms with Gasteiger partial charge in [0, 0.05) is 12.1 Å². The number of nitrogens with one attached hydrogen (secondary N) is 1. The maximum absolute atomic E-state index is 12.6. The summed E-state index contributed by atoms with van der Waals surface area (Å²) in [6.07, 6.45) is -2.36. The number of carbonyl (C=O) groups is 1. The molecule has 1 aliphatic rings. The lowest BCUT2D eigenvalue weighted by atomic mass is 9.91. The second kappa shape index (κ2) is 5.69. The number of nitrogens with zero attached hydrogens (tertiary/aromatic N) is 3. The summed E-state index contributed by atoms with van der Waals surface area (Å²) >= 11 is 0. The summed E-state index contributed by atoms with van der Waals surface area (Å²) in [5.74, 6) is -1.84. The van der Waals surface area contributed by atoms with Crippen molar-refractivity contribution >= 4 is 11.6 Å². The van der Waals surface area contributed by atoms with Crippen LogP contribution in [0.3, 0.4) is 0 Å². The highest BCUT2D eigenvalue weighted by Gasteiger charge is 2.40. The molecule has 3 rings (SSSR count). The van der Waals surface area contributed by atoms with Gasteiger partial charge in [0.1, 0.15) is 0 Å². The minimum atomic E-state index is -4.60. The maximum atomic E-state index is 12.6. The summed E-state index contributed by atoms with van der Waals surface area (Å²) < 4.78 is 37.9. The third-order valence-corrected chi connectivity index (χ3v) is 4.38. The third-order valence-electron chi connectivity index (χ3n) is 4.38. The van der Waals surface area contributed by atoms with Crippen LogP contribution in [0.25, 0.3) is 0 Å². The molecule has 25 heavy (non-hydrogen) atoms. The molecule has 1 aromatic heterocycles. The monoisotopic (exact) mass is 352 g/mol. The smallest absolute Gasteiger partial charge is 0.355 e. The molecule has 0 atom stereocenters. The van der Waals surface area contributed by atoms with Crippen molar-refractivity contribution in [1.82, 2.24) is 15.4 Å². The van der Waals surface area contributed by atoms with Gasteiger partial charge in [0.15, 0.2) is 0 Å². The Hall–Kier alpha value is -2.68. The Morgan fingerprint density at radius 3 is 2.48 bits per heavy atom. The van der Waals surface area contributed by atoms with E-state index in [-0.39, 0.29) is 6.54 Å². The molecule has 0 aliphatic carbocycles. The Balaban J connectivity index is 2.01. The number of aromatic nitrogens is 2. The van der Waals surface area contributed by atoms with E-state index in [2.05, 4.69) is 9.97 Å². The van der Waals surface area contributed by atoms with Gasteiger partial charge in [-0.05, 0) is 31.0 Å². The van der Waals surface area contributed by atoms with Gasteiger partial charge in [0.25, 0.3) is 5.91 Å². The second-order valence-corrected chi connectivity index (χ2v) is 6.18. The number of rotatable bonds is 2. The Morgan fingerprint density at radius 1 is 1.28 bits per heavy atom. The number of halogens is 3. The summed E-state index contributed by atoms with van der Waals surface area (Å²) in [6, 6.07) is 5.11. The van der Waals surface area contributed by atoms with Crippen LogP contribution >= 0.6 is 0 Å². The van der Waals surface area contributed by atoms with Crippen LogP contribution in [0.2, 0.25) is 0 Å². The lowest BCUT2D eigenvalue weighted by Gasteiger charge is -2.34. The van der Waals surface area contributed by atoms with E-state index in [1.165, 1.54) is 0 Å². The van der Waals surface area contributed by atoms with Gasteiger partial charge < -0.3 is 4.90 Å². The molecule has 1 aromatic carbocycles. The molecule has 0 fully saturated rings. The summed E-state index contributed by atoms with van der Waals surface area (Å²) in [6.45, 7) is 4.05. The Labute approximate surface area is 141 Å². The fourth-order valence-corrected chi connectivity index (χ4v) is 3.13. The van der Waals surface area contributed by atoms with Crippen molar-refractivity contribution in [3.05, 3.63) is 53.1 Å². The molecule has 0 bridgehead atoms. The molecule has 1 amide bonds. The van der Waals surface area contributed by atoms with Crippen LogP contribution in [0.4, 0.5) is 18.9 Å². The fraction of sp³-hybridized carbons (Fsp3) is 0.312. The number of hydrogen-bond acceptors (Lipinski definition) is 5. The molecule has 1 aliphatic heterocycles. The average molecular weight is 352 g/mol. The van der Waals surface area contributed by atoms with Crippen molar-refractivity contribution in [2.75, 3.05) is 4.90 Å². The standard InChI is InChI=1S/C16H15F3N4O2/c1-15(2)12-5-3-4-10(13(24)22-25)11(12)8-23(15)9-6-20-14(21-7-9)16(17,18)19/h3-7,25H,8H2,1-2H3,(H,22,24). The van der Waals surface area contributed by atoms with Crippen LogP contribution in [0.1, 0.15) is 41.2 Å². The molecule has 0 unspecified atom stereocenters. The molecule has 2 N–H and O–H groups in total. The van der Waals surface area contributed by atoms with Gasteiger partial charge in [0.2, 0.25) is 5.82 Å². The van der Waals surface area contributed by atoms with Crippen molar-refractivity contribution in [3.8, 4) is 0 Å². The van der Waals surface area contributed by atoms with E-state index in [9.17, 15) is 18.0 Å². The van der Waals surface area contributed by atoms with Crippen LogP contribution in [0, 0.1) is 0 Å². The molecule has 2 aromatic rings. The van der Waals surface area contributed by atoms with Gasteiger partial charge in [-0.15, -0.1) is 0 Å². The van der Waals surface area contributed by atoms with Crippen LogP contribution in [-0.2, 0) is 18.3 Å². The highest BCUT2D eigenvalue weighted by molar-refractivity contribution is 5.95. The van der Waals surface area contributed by atoms with E-state index in [0.29, 0.717) is 16.8 Å². The molecule has 2 heterocycles. The lowest BCUT2D eigenvalue weighted by Crippen LogP contribution is -2.35.